The number of nitrogen functional groups attached to an aromatic ring is 1. The zero-order valence-corrected chi connectivity index (χ0v) is 34.3. The molecule has 2 aromatic heterocycles. The minimum atomic E-state index is -0.799. The Balaban J connectivity index is 1.32. The van der Waals surface area contributed by atoms with Crippen LogP contribution in [0.4, 0.5) is 28.8 Å². The van der Waals surface area contributed by atoms with Crippen LogP contribution in [0.2, 0.25) is 0 Å². The molecule has 2 aliphatic carbocycles. The van der Waals surface area contributed by atoms with Crippen LogP contribution in [0.1, 0.15) is 67.2 Å². The Labute approximate surface area is 327 Å². The molecule has 0 amide bonds. The van der Waals surface area contributed by atoms with Gasteiger partial charge < -0.3 is 60.3 Å². The van der Waals surface area contributed by atoms with Gasteiger partial charge in [0.1, 0.15) is 40.4 Å². The van der Waals surface area contributed by atoms with Gasteiger partial charge in [-0.25, -0.2) is 19.9 Å². The largest absolute Gasteiger partial charge is 0.394 e. The molecule has 4 fully saturated rings. The van der Waals surface area contributed by atoms with Crippen LogP contribution in [0.15, 0.2) is 14.9 Å². The van der Waals surface area contributed by atoms with Crippen LogP contribution in [0.3, 0.4) is 0 Å². The van der Waals surface area contributed by atoms with Crippen LogP contribution in [0.25, 0.3) is 0 Å². The molecule has 2 aliphatic heterocycles. The summed E-state index contributed by atoms with van der Waals surface area (Å²) in [6, 6.07) is -0.474. The molecule has 0 spiro atoms. The Kier molecular flexibility index (Phi) is 13.5. The smallest absolute Gasteiger partial charge is 0.191 e. The van der Waals surface area contributed by atoms with Gasteiger partial charge in [0.2, 0.25) is 0 Å². The number of halogens is 1. The van der Waals surface area contributed by atoms with E-state index in [1.807, 2.05) is 27.7 Å². The first-order valence-electron chi connectivity index (χ1n) is 18.3. The first-order valence-corrected chi connectivity index (χ1v) is 21.1. The van der Waals surface area contributed by atoms with E-state index in [1.165, 1.54) is 11.8 Å². The zero-order chi connectivity index (χ0) is 37.9. The molecule has 4 heterocycles. The molecule has 2 saturated heterocycles. The normalized spacial score (nSPS) is 29.7. The summed E-state index contributed by atoms with van der Waals surface area (Å²) in [5.74, 6) is 1.42. The molecule has 19 heteroatoms. The first-order chi connectivity index (χ1) is 25.3. The number of aliphatic hydroxyl groups excluding tert-OH is 2. The summed E-state index contributed by atoms with van der Waals surface area (Å²) in [4.78, 5) is 19.4. The standard InChI is InChI=1S/C34H53BrN8O8S2/c1-7-13-52-31-40-27(35)22(30(43-31)38-18-16-20(47-12-10-45)26-24(18)49-34(5,6)51-26)39-29-21(36)28(41-32(42-29)53-14-8-2)37-17-15-19(46-11-9-44)25-23(17)48-33(3,4)50-25/h17-20,23-26,44-45H,7-16,36H2,1-6H3,(H,38,40,43)(H2,37,39,41,42)/t17-,18-,19+,20+,23+,24+,25-,26-/m1/s1. The maximum absolute atomic E-state index is 9.47. The topological polar surface area (TPSA) is 210 Å². The van der Waals surface area contributed by atoms with Gasteiger partial charge in [0.05, 0.1) is 50.7 Å². The van der Waals surface area contributed by atoms with Crippen molar-refractivity contribution in [2.45, 2.75) is 138 Å². The van der Waals surface area contributed by atoms with Crippen molar-refractivity contribution in [3.05, 3.63) is 4.60 Å². The number of hydrogen-bond donors (Lipinski definition) is 6. The molecule has 53 heavy (non-hydrogen) atoms. The molecule has 2 saturated carbocycles. The molecule has 4 aliphatic rings. The lowest BCUT2D eigenvalue weighted by molar-refractivity contribution is -0.168. The highest BCUT2D eigenvalue weighted by molar-refractivity contribution is 9.10. The number of thioether (sulfide) groups is 2. The fourth-order valence-electron chi connectivity index (χ4n) is 7.15. The SMILES string of the molecule is CCCSc1nc(Nc2c(Br)nc(SCCC)nc2N[C@@H]2C[C@H](OCCO)[C@H]3OC(C)(C)O[C@H]32)c(N)c(N[C@@H]2C[C@H](OCCO)[C@H]3OC(C)(C)O[C@H]32)n1. The fraction of sp³-hybridized carbons (Fsp3) is 0.765. The van der Waals surface area contributed by atoms with Crippen LogP contribution in [-0.4, -0.2) is 128 Å². The number of anilines is 5. The molecule has 296 valence electrons. The summed E-state index contributed by atoms with van der Waals surface area (Å²) in [7, 11) is 0. The van der Waals surface area contributed by atoms with Crippen molar-refractivity contribution >= 4 is 68.3 Å². The molecule has 0 aromatic carbocycles. The maximum atomic E-state index is 9.47. The van der Waals surface area contributed by atoms with E-state index in [0.717, 1.165) is 24.3 Å². The van der Waals surface area contributed by atoms with Crippen LogP contribution in [0.5, 0.6) is 0 Å². The van der Waals surface area contributed by atoms with Crippen molar-refractivity contribution < 1.29 is 38.6 Å². The fourth-order valence-corrected chi connectivity index (χ4v) is 9.12. The Morgan fingerprint density at radius 2 is 1.19 bits per heavy atom. The van der Waals surface area contributed by atoms with Gasteiger partial charge in [0, 0.05) is 11.5 Å². The highest BCUT2D eigenvalue weighted by atomic mass is 79.9. The molecule has 8 atom stereocenters. The number of aliphatic hydroxyl groups is 2. The van der Waals surface area contributed by atoms with E-state index in [-0.39, 0.29) is 75.1 Å². The predicted molar refractivity (Wildman–Crippen MR) is 207 cm³/mol. The number of nitrogens with zero attached hydrogens (tertiary/aromatic N) is 4. The number of aromatic nitrogens is 4. The van der Waals surface area contributed by atoms with Crippen molar-refractivity contribution in [1.29, 1.82) is 0 Å². The summed E-state index contributed by atoms with van der Waals surface area (Å²) >= 11 is 6.81. The van der Waals surface area contributed by atoms with Gasteiger partial charge in [-0.3, -0.25) is 0 Å². The molecular formula is C34H53BrN8O8S2. The van der Waals surface area contributed by atoms with Gasteiger partial charge in [0.25, 0.3) is 0 Å². The monoisotopic (exact) mass is 844 g/mol. The van der Waals surface area contributed by atoms with Crippen molar-refractivity contribution in [2.24, 2.45) is 0 Å². The third kappa shape index (κ3) is 9.61. The van der Waals surface area contributed by atoms with Crippen LogP contribution >= 0.6 is 39.5 Å². The number of nitrogens with one attached hydrogen (secondary N) is 3. The molecule has 0 unspecified atom stereocenters. The third-order valence-corrected chi connectivity index (χ3v) is 11.9. The van der Waals surface area contributed by atoms with Crippen LogP contribution < -0.4 is 21.7 Å². The second-order valence-corrected chi connectivity index (χ2v) is 17.2. The molecule has 0 bridgehead atoms. The molecule has 6 rings (SSSR count). The van der Waals surface area contributed by atoms with E-state index in [0.29, 0.717) is 56.6 Å². The van der Waals surface area contributed by atoms with Crippen LogP contribution in [-0.2, 0) is 28.4 Å². The van der Waals surface area contributed by atoms with Gasteiger partial charge in [-0.2, -0.15) is 0 Å². The summed E-state index contributed by atoms with van der Waals surface area (Å²) in [6.07, 6.45) is 1.16. The van der Waals surface area contributed by atoms with Crippen molar-refractivity contribution in [3.8, 4) is 0 Å². The molecule has 7 N–H and O–H groups in total. The number of hydrogen-bond acceptors (Lipinski definition) is 18. The number of ether oxygens (including phenoxy) is 6. The number of fused-ring (bicyclic) bond motifs is 2. The summed E-state index contributed by atoms with van der Waals surface area (Å²) in [5.41, 5.74) is 7.73. The second-order valence-electron chi connectivity index (χ2n) is 14.3. The van der Waals surface area contributed by atoms with E-state index < -0.39 is 11.6 Å². The maximum Gasteiger partial charge on any atom is 0.191 e. The highest BCUT2D eigenvalue weighted by Gasteiger charge is 2.56. The number of rotatable bonds is 18. The van der Waals surface area contributed by atoms with Gasteiger partial charge in [0.15, 0.2) is 39.3 Å². The first kappa shape index (κ1) is 40.9. The average Bonchev–Trinajstić information content (AvgIpc) is 3.80. The van der Waals surface area contributed by atoms with Crippen molar-refractivity contribution in [3.63, 3.8) is 0 Å². The zero-order valence-electron chi connectivity index (χ0n) is 31.1. The second kappa shape index (κ2) is 17.6. The summed E-state index contributed by atoms with van der Waals surface area (Å²) in [6.45, 7) is 12.0. The van der Waals surface area contributed by atoms with Gasteiger partial charge in [-0.15, -0.1) is 0 Å². The molecule has 0 radical (unpaired) electrons. The summed E-state index contributed by atoms with van der Waals surface area (Å²) in [5, 5.41) is 30.7. The predicted octanol–water partition coefficient (Wildman–Crippen LogP) is 4.52. The lowest BCUT2D eigenvalue weighted by Gasteiger charge is -2.26. The van der Waals surface area contributed by atoms with Crippen molar-refractivity contribution in [2.75, 3.05) is 59.6 Å². The van der Waals surface area contributed by atoms with E-state index in [1.54, 1.807) is 11.8 Å². The van der Waals surface area contributed by atoms with E-state index in [2.05, 4.69) is 45.7 Å². The third-order valence-electron chi connectivity index (χ3n) is 9.20. The van der Waals surface area contributed by atoms with E-state index >= 15 is 0 Å². The number of nitrogens with two attached hydrogens (primary N) is 1. The highest BCUT2D eigenvalue weighted by Crippen LogP contribution is 2.44. The van der Waals surface area contributed by atoms with Gasteiger partial charge in [-0.1, -0.05) is 37.4 Å². The molecular weight excluding hydrogens is 792 g/mol. The van der Waals surface area contributed by atoms with Crippen LogP contribution in [0, 0.1) is 0 Å². The lowest BCUT2D eigenvalue weighted by Crippen LogP contribution is -2.35. The minimum Gasteiger partial charge on any atom is -0.394 e. The van der Waals surface area contributed by atoms with E-state index in [9.17, 15) is 10.2 Å². The minimum absolute atomic E-state index is 0.0876. The van der Waals surface area contributed by atoms with Gasteiger partial charge >= 0.3 is 0 Å². The van der Waals surface area contributed by atoms with E-state index in [4.69, 9.17) is 54.1 Å². The average molecular weight is 846 g/mol. The van der Waals surface area contributed by atoms with Gasteiger partial charge in [-0.05, 0) is 69.3 Å². The Morgan fingerprint density at radius 1 is 0.736 bits per heavy atom. The Morgan fingerprint density at radius 3 is 1.70 bits per heavy atom. The quantitative estimate of drug-likeness (QED) is 0.0692. The summed E-state index contributed by atoms with van der Waals surface area (Å²) < 4.78 is 37.7. The molecule has 16 nitrogen and oxygen atoms in total. The Bertz CT molecular complexity index is 1570. The lowest BCUT2D eigenvalue weighted by atomic mass is 10.2. The Hall–Kier alpha value is -1.78. The molecule has 2 aromatic rings. The van der Waals surface area contributed by atoms with Crippen molar-refractivity contribution in [1.82, 2.24) is 19.9 Å².